The molecule has 1 saturated heterocycles. The molecule has 0 radical (unpaired) electrons. The Morgan fingerprint density at radius 3 is 2.82 bits per heavy atom. The van der Waals surface area contributed by atoms with Gasteiger partial charge in [0.2, 0.25) is 0 Å². The highest BCUT2D eigenvalue weighted by Crippen LogP contribution is 2.17. The summed E-state index contributed by atoms with van der Waals surface area (Å²) in [5.41, 5.74) is 2.54. The average molecular weight is 499 g/mol. The number of aromatic nitrogens is 1. The minimum Gasteiger partial charge on any atom is -0.379 e. The van der Waals surface area contributed by atoms with Gasteiger partial charge in [-0.05, 0) is 30.9 Å². The third kappa shape index (κ3) is 6.93. The molecule has 7 heteroatoms. The Morgan fingerprint density at radius 1 is 1.25 bits per heavy atom. The number of nitrogens with zero attached hydrogens (tertiary/aromatic N) is 2. The molecule has 6 nitrogen and oxygen atoms in total. The van der Waals surface area contributed by atoms with E-state index in [0.29, 0.717) is 5.92 Å². The number of fused-ring (bicyclic) bond motifs is 1. The van der Waals surface area contributed by atoms with Gasteiger partial charge in [0, 0.05) is 56.4 Å². The van der Waals surface area contributed by atoms with Crippen molar-refractivity contribution in [2.75, 3.05) is 52.5 Å². The third-order valence-electron chi connectivity index (χ3n) is 4.94. The summed E-state index contributed by atoms with van der Waals surface area (Å²) in [5, 5.41) is 8.14. The van der Waals surface area contributed by atoms with E-state index in [1.54, 1.807) is 0 Å². The van der Waals surface area contributed by atoms with E-state index in [1.165, 1.54) is 16.5 Å². The van der Waals surface area contributed by atoms with Crippen molar-refractivity contribution in [3.8, 4) is 0 Å². The number of rotatable bonds is 8. The first-order valence-corrected chi connectivity index (χ1v) is 10.1. The third-order valence-corrected chi connectivity index (χ3v) is 4.94. The number of halogens is 1. The zero-order chi connectivity index (χ0) is 18.9. The summed E-state index contributed by atoms with van der Waals surface area (Å²) in [4.78, 5) is 10.6. The van der Waals surface area contributed by atoms with E-state index < -0.39 is 0 Å². The molecule has 3 N–H and O–H groups in total. The molecule has 1 aromatic carbocycles. The Balaban J connectivity index is 0.00000280. The summed E-state index contributed by atoms with van der Waals surface area (Å²) >= 11 is 0. The molecule has 1 atom stereocenters. The van der Waals surface area contributed by atoms with Gasteiger partial charge in [0.1, 0.15) is 0 Å². The minimum absolute atomic E-state index is 0. The second kappa shape index (κ2) is 12.3. The fourth-order valence-corrected chi connectivity index (χ4v) is 3.53. The highest BCUT2D eigenvalue weighted by atomic mass is 127. The van der Waals surface area contributed by atoms with E-state index in [0.717, 1.165) is 64.9 Å². The first kappa shape index (κ1) is 23.0. The molecule has 1 aromatic heterocycles. The summed E-state index contributed by atoms with van der Waals surface area (Å²) < 4.78 is 5.42. The number of benzene rings is 1. The quantitative estimate of drug-likeness (QED) is 0.297. The van der Waals surface area contributed by atoms with Crippen LogP contribution in [-0.4, -0.2) is 68.3 Å². The zero-order valence-corrected chi connectivity index (χ0v) is 19.4. The Morgan fingerprint density at radius 2 is 2.04 bits per heavy atom. The largest absolute Gasteiger partial charge is 0.379 e. The maximum Gasteiger partial charge on any atom is 0.191 e. The fraction of sp³-hybridized carbons (Fsp3) is 0.571. The summed E-state index contributed by atoms with van der Waals surface area (Å²) in [6.45, 7) is 11.8. The van der Waals surface area contributed by atoms with Crippen LogP contribution in [-0.2, 0) is 11.2 Å². The molecule has 2 heterocycles. The van der Waals surface area contributed by atoms with Gasteiger partial charge in [-0.15, -0.1) is 24.0 Å². The molecule has 156 valence electrons. The first-order valence-electron chi connectivity index (χ1n) is 10.1. The summed E-state index contributed by atoms with van der Waals surface area (Å²) in [6, 6.07) is 8.45. The molecule has 28 heavy (non-hydrogen) atoms. The number of ether oxygens (including phenoxy) is 1. The van der Waals surface area contributed by atoms with Crippen molar-refractivity contribution in [3.63, 3.8) is 0 Å². The van der Waals surface area contributed by atoms with Crippen LogP contribution in [0.2, 0.25) is 0 Å². The van der Waals surface area contributed by atoms with Crippen LogP contribution in [0.1, 0.15) is 19.4 Å². The Hall–Kier alpha value is -1.32. The number of hydrogen-bond acceptors (Lipinski definition) is 3. The lowest BCUT2D eigenvalue weighted by molar-refractivity contribution is 0.0323. The SMILES string of the molecule is CCNC(=NCC(C)CN1CCOCC1)NCCc1c[nH]c2ccccc12.I. The number of morpholine rings is 1. The van der Waals surface area contributed by atoms with Gasteiger partial charge in [0.25, 0.3) is 0 Å². The molecule has 1 fully saturated rings. The second-order valence-corrected chi connectivity index (χ2v) is 7.27. The van der Waals surface area contributed by atoms with Gasteiger partial charge < -0.3 is 20.4 Å². The predicted octanol–water partition coefficient (Wildman–Crippen LogP) is 2.85. The van der Waals surface area contributed by atoms with E-state index in [9.17, 15) is 0 Å². The maximum atomic E-state index is 5.42. The first-order chi connectivity index (χ1) is 13.3. The molecular formula is C21H34IN5O. The van der Waals surface area contributed by atoms with E-state index >= 15 is 0 Å². The number of guanidine groups is 1. The van der Waals surface area contributed by atoms with Crippen molar-refractivity contribution in [1.82, 2.24) is 20.5 Å². The van der Waals surface area contributed by atoms with E-state index in [1.807, 2.05) is 0 Å². The summed E-state index contributed by atoms with van der Waals surface area (Å²) in [5.74, 6) is 1.44. The lowest BCUT2D eigenvalue weighted by Crippen LogP contribution is -2.40. The molecule has 1 aliphatic rings. The number of aliphatic imine (C=N–C) groups is 1. The molecule has 0 amide bonds. The van der Waals surface area contributed by atoms with Crippen LogP contribution in [0.25, 0.3) is 10.9 Å². The number of para-hydroxylation sites is 1. The van der Waals surface area contributed by atoms with Crippen LogP contribution in [0, 0.1) is 5.92 Å². The molecule has 1 unspecified atom stereocenters. The molecule has 0 aliphatic carbocycles. The Bertz CT molecular complexity index is 726. The standard InChI is InChI=1S/C21H33N5O.HI/c1-3-22-21(25-14-17(2)16-26-10-12-27-13-11-26)23-9-8-18-15-24-20-7-5-4-6-19(18)20;/h4-7,15,17,24H,3,8-14,16H2,1-2H3,(H2,22,23,25);1H. The topological polar surface area (TPSA) is 64.7 Å². The van der Waals surface area contributed by atoms with Gasteiger partial charge >= 0.3 is 0 Å². The van der Waals surface area contributed by atoms with E-state index in [-0.39, 0.29) is 24.0 Å². The van der Waals surface area contributed by atoms with Crippen LogP contribution in [0.15, 0.2) is 35.5 Å². The lowest BCUT2D eigenvalue weighted by atomic mass is 10.1. The molecule has 3 rings (SSSR count). The average Bonchev–Trinajstić information content (AvgIpc) is 3.10. The number of aromatic amines is 1. The Labute approximate surface area is 185 Å². The maximum absolute atomic E-state index is 5.42. The number of H-pyrrole nitrogens is 1. The second-order valence-electron chi connectivity index (χ2n) is 7.27. The van der Waals surface area contributed by atoms with Gasteiger partial charge in [-0.2, -0.15) is 0 Å². The molecular weight excluding hydrogens is 465 g/mol. The Kier molecular flexibility index (Phi) is 10.1. The van der Waals surface area contributed by atoms with Crippen molar-refractivity contribution in [2.45, 2.75) is 20.3 Å². The molecule has 0 bridgehead atoms. The van der Waals surface area contributed by atoms with Crippen molar-refractivity contribution < 1.29 is 4.74 Å². The van der Waals surface area contributed by atoms with Crippen molar-refractivity contribution in [1.29, 1.82) is 0 Å². The molecule has 1 aliphatic heterocycles. The lowest BCUT2D eigenvalue weighted by Gasteiger charge is -2.28. The number of hydrogen-bond donors (Lipinski definition) is 3. The van der Waals surface area contributed by atoms with Crippen LogP contribution in [0.4, 0.5) is 0 Å². The van der Waals surface area contributed by atoms with Gasteiger partial charge in [0.05, 0.1) is 13.2 Å². The smallest absolute Gasteiger partial charge is 0.191 e. The van der Waals surface area contributed by atoms with Crippen molar-refractivity contribution in [2.24, 2.45) is 10.9 Å². The molecule has 2 aromatic rings. The highest BCUT2D eigenvalue weighted by molar-refractivity contribution is 14.0. The fourth-order valence-electron chi connectivity index (χ4n) is 3.53. The van der Waals surface area contributed by atoms with Crippen molar-refractivity contribution in [3.05, 3.63) is 36.0 Å². The zero-order valence-electron chi connectivity index (χ0n) is 17.0. The predicted molar refractivity (Wildman–Crippen MR) is 128 cm³/mol. The molecule has 0 spiro atoms. The van der Waals surface area contributed by atoms with Crippen LogP contribution in [0.3, 0.4) is 0 Å². The van der Waals surface area contributed by atoms with Gasteiger partial charge in [-0.1, -0.05) is 25.1 Å². The normalized spacial score (nSPS) is 16.6. The van der Waals surface area contributed by atoms with E-state index in [4.69, 9.17) is 9.73 Å². The number of nitrogens with one attached hydrogen (secondary N) is 3. The van der Waals surface area contributed by atoms with Crippen LogP contribution >= 0.6 is 24.0 Å². The monoisotopic (exact) mass is 499 g/mol. The summed E-state index contributed by atoms with van der Waals surface area (Å²) in [7, 11) is 0. The van der Waals surface area contributed by atoms with Crippen molar-refractivity contribution >= 4 is 40.8 Å². The van der Waals surface area contributed by atoms with Gasteiger partial charge in [-0.3, -0.25) is 9.89 Å². The molecule has 0 saturated carbocycles. The van der Waals surface area contributed by atoms with Crippen LogP contribution < -0.4 is 10.6 Å². The van der Waals surface area contributed by atoms with E-state index in [2.05, 4.69) is 64.8 Å². The van der Waals surface area contributed by atoms with Crippen LogP contribution in [0.5, 0.6) is 0 Å². The van der Waals surface area contributed by atoms with Gasteiger partial charge in [0.15, 0.2) is 5.96 Å². The summed E-state index contributed by atoms with van der Waals surface area (Å²) in [6.07, 6.45) is 3.08. The minimum atomic E-state index is 0. The highest BCUT2D eigenvalue weighted by Gasteiger charge is 2.13. The van der Waals surface area contributed by atoms with Gasteiger partial charge in [-0.25, -0.2) is 0 Å².